The van der Waals surface area contributed by atoms with Gasteiger partial charge < -0.3 is 16.0 Å². The Morgan fingerprint density at radius 2 is 0.829 bits per heavy atom. The molecule has 0 amide bonds. The molecule has 6 aromatic rings. The monoisotopic (exact) mass is 647 g/mol. The Morgan fingerprint density at radius 1 is 0.488 bits per heavy atom. The van der Waals surface area contributed by atoms with Gasteiger partial charge in [-0.25, -0.2) is 15.0 Å². The first-order chi connectivity index (χ1) is 19.8. The third-order valence-corrected chi connectivity index (χ3v) is 8.06. The van der Waals surface area contributed by atoms with Crippen molar-refractivity contribution in [2.24, 2.45) is 0 Å². The molecule has 0 unspecified atom stereocenters. The molecule has 0 aliphatic heterocycles. The molecule has 14 heteroatoms. The van der Waals surface area contributed by atoms with Crippen LogP contribution in [0.4, 0.5) is 15.4 Å². The van der Waals surface area contributed by atoms with E-state index >= 15 is 0 Å². The topological polar surface area (TPSA) is 117 Å². The number of aromatic nitrogens is 6. The molecule has 0 aliphatic carbocycles. The maximum Gasteiger partial charge on any atom is 2.00 e. The molecule has 0 bridgehead atoms. The third kappa shape index (κ3) is 7.70. The van der Waals surface area contributed by atoms with Gasteiger partial charge in [-0.05, 0) is 36.4 Å². The molecule has 0 aromatic carbocycles. The van der Waals surface area contributed by atoms with Crippen molar-refractivity contribution in [3.05, 3.63) is 89.3 Å². The third-order valence-electron chi connectivity index (χ3n) is 5.66. The molecule has 6 heterocycles. The van der Waals surface area contributed by atoms with Crippen molar-refractivity contribution in [2.45, 2.75) is 0 Å². The van der Waals surface area contributed by atoms with Crippen LogP contribution in [-0.4, -0.2) is 54.8 Å². The van der Waals surface area contributed by atoms with Crippen molar-refractivity contribution in [3.63, 3.8) is 0 Å². The van der Waals surface area contributed by atoms with Gasteiger partial charge in [0.25, 0.3) is 0 Å². The number of nitrogens with zero attached hydrogens (tertiary/aromatic N) is 7. The molecule has 6 aromatic heterocycles. The summed E-state index contributed by atoms with van der Waals surface area (Å²) in [4.78, 5) is 29.5. The number of anilines is 3. The number of thiazole rings is 3. The van der Waals surface area contributed by atoms with E-state index < -0.39 is 0 Å². The minimum Gasteiger partial charge on any atom is -0.349 e. The van der Waals surface area contributed by atoms with E-state index in [9.17, 15) is 0 Å². The number of pyridine rings is 3. The largest absolute Gasteiger partial charge is 2.00 e. The average molecular weight is 648 g/mol. The maximum atomic E-state index is 4.71. The van der Waals surface area contributed by atoms with E-state index in [-0.39, 0.29) is 17.1 Å². The van der Waals surface area contributed by atoms with Crippen molar-refractivity contribution in [1.29, 1.82) is 0 Å². The zero-order chi connectivity index (χ0) is 27.0. The van der Waals surface area contributed by atoms with E-state index in [1.807, 2.05) is 70.7 Å². The molecule has 0 aliphatic rings. The normalized spacial score (nSPS) is 10.8. The standard InChI is InChI=1S/C27H24N10S3.Cu/c1-4-10-28-19(7-1)22-13-38-25(34-22)31-16-37(17-32-26-35-23(14-39-26)20-8-2-5-11-29-20)18-33-27-36-24(15-40-27)21-9-3-6-12-30-21;/h1-15H,16-18H2,(H,31,34)(H,32,35)(H,33,36);/q;+2. The Kier molecular flexibility index (Phi) is 9.96. The van der Waals surface area contributed by atoms with Gasteiger partial charge in [0.05, 0.1) is 37.1 Å². The van der Waals surface area contributed by atoms with Crippen LogP contribution < -0.4 is 16.0 Å². The predicted molar refractivity (Wildman–Crippen MR) is 163 cm³/mol. The molecule has 1 radical (unpaired) electrons. The van der Waals surface area contributed by atoms with Crippen molar-refractivity contribution in [3.8, 4) is 34.2 Å². The van der Waals surface area contributed by atoms with E-state index in [1.165, 1.54) is 0 Å². The van der Waals surface area contributed by atoms with Gasteiger partial charge in [0.2, 0.25) is 0 Å². The van der Waals surface area contributed by atoms with Crippen LogP contribution in [0.25, 0.3) is 34.2 Å². The van der Waals surface area contributed by atoms with Gasteiger partial charge >= 0.3 is 17.1 Å². The summed E-state index contributed by atoms with van der Waals surface area (Å²) in [6, 6.07) is 17.5. The molecular weight excluding hydrogens is 624 g/mol. The summed E-state index contributed by atoms with van der Waals surface area (Å²) in [6.45, 7) is 1.64. The van der Waals surface area contributed by atoms with Gasteiger partial charge in [0, 0.05) is 34.7 Å². The minimum absolute atomic E-state index is 0. The molecule has 6 rings (SSSR count). The van der Waals surface area contributed by atoms with Gasteiger partial charge in [0.1, 0.15) is 17.1 Å². The van der Waals surface area contributed by atoms with Crippen LogP contribution in [0.2, 0.25) is 0 Å². The summed E-state index contributed by atoms with van der Waals surface area (Å²) < 4.78 is 0. The molecular formula is C27H24CuN10S3+2. The molecule has 0 spiro atoms. The number of rotatable bonds is 12. The minimum atomic E-state index is 0. The summed E-state index contributed by atoms with van der Waals surface area (Å²) >= 11 is 4.66. The first-order valence-electron chi connectivity index (χ1n) is 12.3. The number of hydrogen-bond donors (Lipinski definition) is 3. The van der Waals surface area contributed by atoms with Gasteiger partial charge in [-0.1, -0.05) is 18.2 Å². The van der Waals surface area contributed by atoms with Gasteiger partial charge in [0.15, 0.2) is 15.4 Å². The molecule has 3 N–H and O–H groups in total. The van der Waals surface area contributed by atoms with Crippen LogP contribution in [0.15, 0.2) is 89.3 Å². The predicted octanol–water partition coefficient (Wildman–Crippen LogP) is 6.05. The smallest absolute Gasteiger partial charge is 0.349 e. The Bertz CT molecular complexity index is 1430. The maximum absolute atomic E-state index is 4.71. The summed E-state index contributed by atoms with van der Waals surface area (Å²) in [6.07, 6.45) is 5.32. The van der Waals surface area contributed by atoms with Gasteiger partial charge in [-0.2, -0.15) is 0 Å². The van der Waals surface area contributed by atoms with E-state index in [0.717, 1.165) is 49.6 Å². The van der Waals surface area contributed by atoms with Crippen molar-refractivity contribution in [2.75, 3.05) is 36.0 Å². The fraction of sp³-hybridized carbons (Fsp3) is 0.111. The number of hydrogen-bond acceptors (Lipinski definition) is 13. The second-order valence-corrected chi connectivity index (χ2v) is 11.0. The second-order valence-electron chi connectivity index (χ2n) is 8.43. The van der Waals surface area contributed by atoms with Crippen LogP contribution >= 0.6 is 34.0 Å². The summed E-state index contributed by atoms with van der Waals surface area (Å²) in [7, 11) is 0. The summed E-state index contributed by atoms with van der Waals surface area (Å²) in [5.74, 6) is 0. The Hall–Kier alpha value is -3.78. The SMILES string of the molecule is [Cu+2].c1ccc(-c2csc(NCN(CNc3nc(-c4ccccn4)cs3)CNc3nc(-c4ccccn4)cs3)n2)nc1. The van der Waals surface area contributed by atoms with Crippen LogP contribution in [0.3, 0.4) is 0 Å². The Morgan fingerprint density at radius 3 is 1.12 bits per heavy atom. The summed E-state index contributed by atoms with van der Waals surface area (Å²) in [5, 5.41) is 18.8. The van der Waals surface area contributed by atoms with Gasteiger partial charge in [-0.3, -0.25) is 19.9 Å². The average Bonchev–Trinajstić information content (AvgIpc) is 3.80. The molecule has 0 atom stereocenters. The molecule has 41 heavy (non-hydrogen) atoms. The van der Waals surface area contributed by atoms with Crippen molar-refractivity contribution < 1.29 is 17.1 Å². The molecule has 209 valence electrons. The first kappa shape index (κ1) is 28.7. The summed E-state index contributed by atoms with van der Waals surface area (Å²) in [5.41, 5.74) is 5.12. The van der Waals surface area contributed by atoms with Crippen LogP contribution in [0.5, 0.6) is 0 Å². The Balaban J connectivity index is 0.00000337. The quantitative estimate of drug-likeness (QED) is 0.107. The van der Waals surface area contributed by atoms with Crippen molar-refractivity contribution in [1.82, 2.24) is 34.8 Å². The van der Waals surface area contributed by atoms with E-state index in [4.69, 9.17) is 15.0 Å². The molecule has 0 saturated carbocycles. The zero-order valence-electron chi connectivity index (χ0n) is 21.4. The number of nitrogens with one attached hydrogen (secondary N) is 3. The molecule has 0 fully saturated rings. The van der Waals surface area contributed by atoms with E-state index in [0.29, 0.717) is 20.0 Å². The van der Waals surface area contributed by atoms with Crippen LogP contribution in [0.1, 0.15) is 0 Å². The fourth-order valence-corrected chi connectivity index (χ4v) is 5.75. The van der Waals surface area contributed by atoms with Gasteiger partial charge in [-0.15, -0.1) is 34.0 Å². The molecule has 10 nitrogen and oxygen atoms in total. The van der Waals surface area contributed by atoms with Crippen LogP contribution in [-0.2, 0) is 17.1 Å². The fourth-order valence-electron chi connectivity index (χ4n) is 3.67. The first-order valence-corrected chi connectivity index (χ1v) is 15.0. The zero-order valence-corrected chi connectivity index (χ0v) is 24.8. The van der Waals surface area contributed by atoms with E-state index in [2.05, 4.69) is 35.8 Å². The van der Waals surface area contributed by atoms with E-state index in [1.54, 1.807) is 52.6 Å². The van der Waals surface area contributed by atoms with Crippen molar-refractivity contribution >= 4 is 49.4 Å². The second kappa shape index (κ2) is 14.2. The molecule has 0 saturated heterocycles. The van der Waals surface area contributed by atoms with Crippen LogP contribution in [0, 0.1) is 0 Å². The Labute approximate surface area is 259 Å².